The van der Waals surface area contributed by atoms with E-state index in [0.717, 1.165) is 25.1 Å². The Labute approximate surface area is 87.6 Å². The number of nitrogens with one attached hydrogen (secondary N) is 1. The van der Waals surface area contributed by atoms with Gasteiger partial charge in [0.25, 0.3) is 0 Å². The Bertz CT molecular complexity index is 374. The molecule has 1 aliphatic rings. The maximum atomic E-state index is 13.2. The van der Waals surface area contributed by atoms with Crippen molar-refractivity contribution in [3.63, 3.8) is 0 Å². The van der Waals surface area contributed by atoms with Gasteiger partial charge in [0.1, 0.15) is 5.82 Å². The standard InChI is InChI=1S/C11H11ClFN/c12-10-2-1-9(7-11(10)13)8-3-5-14-6-4-8/h1-3,7,14H,4-6H2. The lowest BCUT2D eigenvalue weighted by atomic mass is 10.0. The minimum Gasteiger partial charge on any atom is -0.313 e. The summed E-state index contributed by atoms with van der Waals surface area (Å²) in [6.45, 7) is 1.82. The summed E-state index contributed by atoms with van der Waals surface area (Å²) in [5, 5.41) is 3.40. The molecule has 14 heavy (non-hydrogen) atoms. The largest absolute Gasteiger partial charge is 0.313 e. The Morgan fingerprint density at radius 2 is 2.21 bits per heavy atom. The molecule has 0 spiro atoms. The molecule has 74 valence electrons. The second kappa shape index (κ2) is 4.11. The van der Waals surface area contributed by atoms with Crippen LogP contribution in [-0.2, 0) is 0 Å². The molecule has 0 aromatic heterocycles. The van der Waals surface area contributed by atoms with E-state index in [1.165, 1.54) is 11.6 Å². The number of halogens is 2. The number of hydrogen-bond acceptors (Lipinski definition) is 1. The lowest BCUT2D eigenvalue weighted by Gasteiger charge is -2.14. The molecule has 0 aliphatic carbocycles. The first-order valence-electron chi connectivity index (χ1n) is 4.62. The van der Waals surface area contributed by atoms with Gasteiger partial charge < -0.3 is 5.32 Å². The van der Waals surface area contributed by atoms with E-state index in [1.807, 2.05) is 6.07 Å². The van der Waals surface area contributed by atoms with E-state index in [9.17, 15) is 4.39 Å². The highest BCUT2D eigenvalue weighted by atomic mass is 35.5. The average Bonchev–Trinajstić information content (AvgIpc) is 2.23. The normalized spacial score (nSPS) is 16.6. The Morgan fingerprint density at radius 3 is 2.86 bits per heavy atom. The lowest BCUT2D eigenvalue weighted by molar-refractivity contribution is 0.627. The molecule has 2 rings (SSSR count). The minimum absolute atomic E-state index is 0.184. The van der Waals surface area contributed by atoms with Crippen molar-refractivity contribution < 1.29 is 4.39 Å². The van der Waals surface area contributed by atoms with Crippen molar-refractivity contribution >= 4 is 17.2 Å². The summed E-state index contributed by atoms with van der Waals surface area (Å²) in [7, 11) is 0. The van der Waals surface area contributed by atoms with Crippen LogP contribution in [0.1, 0.15) is 12.0 Å². The van der Waals surface area contributed by atoms with Gasteiger partial charge in [-0.05, 0) is 36.2 Å². The molecule has 0 atom stereocenters. The van der Waals surface area contributed by atoms with Gasteiger partial charge in [0.05, 0.1) is 5.02 Å². The first-order chi connectivity index (χ1) is 6.77. The van der Waals surface area contributed by atoms with Crippen LogP contribution in [0.3, 0.4) is 0 Å². The third-order valence-corrected chi connectivity index (χ3v) is 2.66. The first-order valence-corrected chi connectivity index (χ1v) is 5.00. The molecule has 0 bridgehead atoms. The quantitative estimate of drug-likeness (QED) is 0.753. The monoisotopic (exact) mass is 211 g/mol. The van der Waals surface area contributed by atoms with E-state index < -0.39 is 0 Å². The summed E-state index contributed by atoms with van der Waals surface area (Å²) in [5.74, 6) is -0.344. The van der Waals surface area contributed by atoms with Crippen LogP contribution in [0, 0.1) is 5.82 Å². The van der Waals surface area contributed by atoms with Crippen molar-refractivity contribution in [2.24, 2.45) is 0 Å². The van der Waals surface area contributed by atoms with Gasteiger partial charge in [-0.25, -0.2) is 4.39 Å². The third-order valence-electron chi connectivity index (χ3n) is 2.35. The van der Waals surface area contributed by atoms with E-state index in [0.29, 0.717) is 0 Å². The summed E-state index contributed by atoms with van der Waals surface area (Å²) in [6.07, 6.45) is 3.03. The van der Waals surface area contributed by atoms with Crippen LogP contribution in [0.2, 0.25) is 5.02 Å². The van der Waals surface area contributed by atoms with Gasteiger partial charge in [0, 0.05) is 6.54 Å². The summed E-state index contributed by atoms with van der Waals surface area (Å²) >= 11 is 5.61. The fourth-order valence-corrected chi connectivity index (χ4v) is 1.70. The molecule has 1 aliphatic heterocycles. The third kappa shape index (κ3) is 1.97. The summed E-state index contributed by atoms with van der Waals surface area (Å²) in [5.41, 5.74) is 2.13. The van der Waals surface area contributed by atoms with E-state index in [-0.39, 0.29) is 10.8 Å². The van der Waals surface area contributed by atoms with Gasteiger partial charge in [-0.15, -0.1) is 0 Å². The predicted octanol–water partition coefficient (Wildman–Crippen LogP) is 2.86. The Morgan fingerprint density at radius 1 is 1.36 bits per heavy atom. The van der Waals surface area contributed by atoms with Gasteiger partial charge in [0.2, 0.25) is 0 Å². The molecule has 1 aromatic rings. The van der Waals surface area contributed by atoms with Crippen molar-refractivity contribution in [2.45, 2.75) is 6.42 Å². The van der Waals surface area contributed by atoms with E-state index >= 15 is 0 Å². The molecule has 1 nitrogen and oxygen atoms in total. The average molecular weight is 212 g/mol. The van der Waals surface area contributed by atoms with Gasteiger partial charge in [-0.2, -0.15) is 0 Å². The maximum Gasteiger partial charge on any atom is 0.142 e. The number of rotatable bonds is 1. The molecule has 3 heteroatoms. The van der Waals surface area contributed by atoms with Gasteiger partial charge >= 0.3 is 0 Å². The predicted molar refractivity (Wildman–Crippen MR) is 56.9 cm³/mol. The zero-order valence-electron chi connectivity index (χ0n) is 7.69. The lowest BCUT2D eigenvalue weighted by Crippen LogP contribution is -2.20. The molecule has 0 radical (unpaired) electrons. The summed E-state index contributed by atoms with van der Waals surface area (Å²) < 4.78 is 13.2. The van der Waals surface area contributed by atoms with Crippen molar-refractivity contribution in [3.8, 4) is 0 Å². The highest BCUT2D eigenvalue weighted by Gasteiger charge is 2.07. The van der Waals surface area contributed by atoms with Gasteiger partial charge in [-0.3, -0.25) is 0 Å². The molecule has 1 heterocycles. The van der Waals surface area contributed by atoms with E-state index in [1.54, 1.807) is 6.07 Å². The molecule has 1 N–H and O–H groups in total. The molecule has 1 aromatic carbocycles. The molecular formula is C11H11ClFN. The highest BCUT2D eigenvalue weighted by Crippen LogP contribution is 2.23. The van der Waals surface area contributed by atoms with Crippen LogP contribution in [-0.4, -0.2) is 13.1 Å². The molecular weight excluding hydrogens is 201 g/mol. The van der Waals surface area contributed by atoms with Gasteiger partial charge in [0.15, 0.2) is 0 Å². The topological polar surface area (TPSA) is 12.0 Å². The van der Waals surface area contributed by atoms with E-state index in [2.05, 4.69) is 11.4 Å². The first kappa shape index (κ1) is 9.69. The SMILES string of the molecule is Fc1cc(C2=CCNCC2)ccc1Cl. The Balaban J connectivity index is 2.32. The smallest absolute Gasteiger partial charge is 0.142 e. The molecule has 0 amide bonds. The Hall–Kier alpha value is -0.860. The zero-order valence-corrected chi connectivity index (χ0v) is 8.44. The van der Waals surface area contributed by atoms with Crippen LogP contribution in [0.4, 0.5) is 4.39 Å². The molecule has 0 saturated heterocycles. The summed E-state index contributed by atoms with van der Waals surface area (Å²) in [4.78, 5) is 0. The number of hydrogen-bond donors (Lipinski definition) is 1. The van der Waals surface area contributed by atoms with Crippen LogP contribution < -0.4 is 5.32 Å². The highest BCUT2D eigenvalue weighted by molar-refractivity contribution is 6.30. The van der Waals surface area contributed by atoms with Crippen LogP contribution >= 0.6 is 11.6 Å². The second-order valence-corrected chi connectivity index (χ2v) is 3.72. The zero-order chi connectivity index (χ0) is 9.97. The maximum absolute atomic E-state index is 13.2. The second-order valence-electron chi connectivity index (χ2n) is 3.31. The Kier molecular flexibility index (Phi) is 2.85. The van der Waals surface area contributed by atoms with Gasteiger partial charge in [-0.1, -0.05) is 23.7 Å². The molecule has 0 saturated carbocycles. The van der Waals surface area contributed by atoms with Crippen molar-refractivity contribution in [3.05, 3.63) is 40.7 Å². The van der Waals surface area contributed by atoms with Crippen molar-refractivity contribution in [1.29, 1.82) is 0 Å². The van der Waals surface area contributed by atoms with E-state index in [4.69, 9.17) is 11.6 Å². The van der Waals surface area contributed by atoms with Crippen molar-refractivity contribution in [2.75, 3.05) is 13.1 Å². The fourth-order valence-electron chi connectivity index (χ4n) is 1.58. The van der Waals surface area contributed by atoms with Crippen LogP contribution in [0.25, 0.3) is 5.57 Å². The molecule has 0 fully saturated rings. The number of benzene rings is 1. The summed E-state index contributed by atoms with van der Waals surface area (Å²) in [6, 6.07) is 4.97. The fraction of sp³-hybridized carbons (Fsp3) is 0.273. The van der Waals surface area contributed by atoms with Crippen LogP contribution in [0.15, 0.2) is 24.3 Å². The van der Waals surface area contributed by atoms with Crippen molar-refractivity contribution in [1.82, 2.24) is 5.32 Å². The van der Waals surface area contributed by atoms with Crippen LogP contribution in [0.5, 0.6) is 0 Å². The molecule has 0 unspecified atom stereocenters. The minimum atomic E-state index is -0.344.